The summed E-state index contributed by atoms with van der Waals surface area (Å²) in [5, 5.41) is 0. The summed E-state index contributed by atoms with van der Waals surface area (Å²) in [6, 6.07) is 4.25. The van der Waals surface area contributed by atoms with E-state index in [4.69, 9.17) is 4.74 Å². The van der Waals surface area contributed by atoms with Crippen LogP contribution in [0.4, 0.5) is 4.39 Å². The molecular weight excluding hydrogens is 209 g/mol. The van der Waals surface area contributed by atoms with E-state index in [1.54, 1.807) is 17.9 Å². The molecule has 1 aromatic carbocycles. The van der Waals surface area contributed by atoms with Crippen LogP contribution in [0.25, 0.3) is 0 Å². The lowest BCUT2D eigenvalue weighted by molar-refractivity contribution is 0.0302. The maximum absolute atomic E-state index is 12.9. The Morgan fingerprint density at radius 2 is 2.06 bits per heavy atom. The van der Waals surface area contributed by atoms with E-state index >= 15 is 0 Å². The number of hydrogen-bond acceptors (Lipinski definition) is 2. The highest BCUT2D eigenvalue weighted by molar-refractivity contribution is 5.95. The first-order valence-electron chi connectivity index (χ1n) is 5.31. The second-order valence-electron chi connectivity index (χ2n) is 3.86. The van der Waals surface area contributed by atoms with E-state index in [9.17, 15) is 9.18 Å². The summed E-state index contributed by atoms with van der Waals surface area (Å²) >= 11 is 0. The van der Waals surface area contributed by atoms with Gasteiger partial charge in [-0.3, -0.25) is 4.79 Å². The Kier molecular flexibility index (Phi) is 3.19. The SMILES string of the molecule is Cc1cc(F)ccc1C(=O)N1CCOCC1. The van der Waals surface area contributed by atoms with Gasteiger partial charge in [0.1, 0.15) is 5.82 Å². The van der Waals surface area contributed by atoms with Crippen molar-refractivity contribution >= 4 is 5.91 Å². The van der Waals surface area contributed by atoms with Crippen molar-refractivity contribution in [2.45, 2.75) is 6.92 Å². The number of aryl methyl sites for hydroxylation is 1. The summed E-state index contributed by atoms with van der Waals surface area (Å²) in [4.78, 5) is 13.8. The van der Waals surface area contributed by atoms with Crippen molar-refractivity contribution in [1.82, 2.24) is 4.90 Å². The molecule has 0 bridgehead atoms. The van der Waals surface area contributed by atoms with E-state index in [-0.39, 0.29) is 11.7 Å². The molecule has 0 N–H and O–H groups in total. The molecule has 86 valence electrons. The van der Waals surface area contributed by atoms with Crippen molar-refractivity contribution in [1.29, 1.82) is 0 Å². The Bertz CT molecular complexity index is 400. The van der Waals surface area contributed by atoms with Crippen LogP contribution in [-0.2, 0) is 4.74 Å². The largest absolute Gasteiger partial charge is 0.378 e. The number of amides is 1. The number of carbonyl (C=O) groups excluding carboxylic acids is 1. The Morgan fingerprint density at radius 3 is 2.69 bits per heavy atom. The fourth-order valence-corrected chi connectivity index (χ4v) is 1.80. The summed E-state index contributed by atoms with van der Waals surface area (Å²) in [7, 11) is 0. The van der Waals surface area contributed by atoms with Crippen molar-refractivity contribution in [2.75, 3.05) is 26.3 Å². The highest BCUT2D eigenvalue weighted by Gasteiger charge is 2.19. The lowest BCUT2D eigenvalue weighted by Crippen LogP contribution is -2.40. The minimum atomic E-state index is -0.309. The van der Waals surface area contributed by atoms with Gasteiger partial charge in [-0.15, -0.1) is 0 Å². The van der Waals surface area contributed by atoms with Gasteiger partial charge in [-0.25, -0.2) is 4.39 Å². The lowest BCUT2D eigenvalue weighted by atomic mass is 10.1. The average molecular weight is 223 g/mol. The third kappa shape index (κ3) is 2.22. The topological polar surface area (TPSA) is 29.5 Å². The highest BCUT2D eigenvalue weighted by atomic mass is 19.1. The second-order valence-corrected chi connectivity index (χ2v) is 3.86. The van der Waals surface area contributed by atoms with Gasteiger partial charge in [0.25, 0.3) is 5.91 Å². The average Bonchev–Trinajstić information content (AvgIpc) is 2.29. The van der Waals surface area contributed by atoms with E-state index < -0.39 is 0 Å². The molecular formula is C12H14FNO2. The van der Waals surface area contributed by atoms with Gasteiger partial charge >= 0.3 is 0 Å². The first kappa shape index (κ1) is 11.1. The van der Waals surface area contributed by atoms with Crippen LogP contribution in [0.3, 0.4) is 0 Å². The van der Waals surface area contributed by atoms with Crippen molar-refractivity contribution in [3.63, 3.8) is 0 Å². The standard InChI is InChI=1S/C12H14FNO2/c1-9-8-10(13)2-3-11(9)12(15)14-4-6-16-7-5-14/h2-3,8H,4-7H2,1H3. The number of carbonyl (C=O) groups is 1. The Hall–Kier alpha value is -1.42. The monoisotopic (exact) mass is 223 g/mol. The number of benzene rings is 1. The van der Waals surface area contributed by atoms with Crippen LogP contribution in [0.15, 0.2) is 18.2 Å². The van der Waals surface area contributed by atoms with Gasteiger partial charge < -0.3 is 9.64 Å². The van der Waals surface area contributed by atoms with Crippen molar-refractivity contribution in [3.05, 3.63) is 35.1 Å². The summed E-state index contributed by atoms with van der Waals surface area (Å²) in [6.45, 7) is 4.11. The molecule has 0 spiro atoms. The summed E-state index contributed by atoms with van der Waals surface area (Å²) in [5.41, 5.74) is 1.25. The summed E-state index contributed by atoms with van der Waals surface area (Å²) in [6.07, 6.45) is 0. The van der Waals surface area contributed by atoms with Gasteiger partial charge in [0.15, 0.2) is 0 Å². The summed E-state index contributed by atoms with van der Waals surface area (Å²) in [5.74, 6) is -0.350. The maximum Gasteiger partial charge on any atom is 0.254 e. The fourth-order valence-electron chi connectivity index (χ4n) is 1.80. The normalized spacial score (nSPS) is 16.2. The second kappa shape index (κ2) is 4.61. The van der Waals surface area contributed by atoms with Crippen LogP contribution in [0, 0.1) is 12.7 Å². The van der Waals surface area contributed by atoms with Gasteiger partial charge in [-0.2, -0.15) is 0 Å². The number of halogens is 1. The molecule has 1 saturated heterocycles. The zero-order chi connectivity index (χ0) is 11.5. The zero-order valence-electron chi connectivity index (χ0n) is 9.20. The smallest absolute Gasteiger partial charge is 0.254 e. The van der Waals surface area contributed by atoms with E-state index in [0.29, 0.717) is 37.4 Å². The third-order valence-corrected chi connectivity index (χ3v) is 2.72. The van der Waals surface area contributed by atoms with Gasteiger partial charge in [0.2, 0.25) is 0 Å². The van der Waals surface area contributed by atoms with Gasteiger partial charge in [-0.05, 0) is 30.7 Å². The maximum atomic E-state index is 12.9. The molecule has 0 radical (unpaired) electrons. The van der Waals surface area contributed by atoms with E-state index in [0.717, 1.165) is 0 Å². The number of hydrogen-bond donors (Lipinski definition) is 0. The molecule has 0 atom stereocenters. The molecule has 0 saturated carbocycles. The Labute approximate surface area is 93.8 Å². The van der Waals surface area contributed by atoms with Crippen molar-refractivity contribution in [2.24, 2.45) is 0 Å². The van der Waals surface area contributed by atoms with E-state index in [1.165, 1.54) is 12.1 Å². The third-order valence-electron chi connectivity index (χ3n) is 2.72. The molecule has 16 heavy (non-hydrogen) atoms. The van der Waals surface area contributed by atoms with Crippen LogP contribution < -0.4 is 0 Å². The highest BCUT2D eigenvalue weighted by Crippen LogP contribution is 2.13. The molecule has 1 heterocycles. The van der Waals surface area contributed by atoms with Crippen LogP contribution in [0.5, 0.6) is 0 Å². The number of morpholine rings is 1. The molecule has 0 aliphatic carbocycles. The predicted octanol–water partition coefficient (Wildman–Crippen LogP) is 1.61. The van der Waals surface area contributed by atoms with Crippen molar-refractivity contribution < 1.29 is 13.9 Å². The Balaban J connectivity index is 2.19. The molecule has 0 unspecified atom stereocenters. The number of nitrogens with zero attached hydrogens (tertiary/aromatic N) is 1. The number of ether oxygens (including phenoxy) is 1. The first-order valence-corrected chi connectivity index (χ1v) is 5.31. The van der Waals surface area contributed by atoms with Crippen LogP contribution in [0.2, 0.25) is 0 Å². The van der Waals surface area contributed by atoms with E-state index in [2.05, 4.69) is 0 Å². The molecule has 2 rings (SSSR count). The zero-order valence-corrected chi connectivity index (χ0v) is 9.20. The minimum Gasteiger partial charge on any atom is -0.378 e. The van der Waals surface area contributed by atoms with Gasteiger partial charge in [-0.1, -0.05) is 0 Å². The molecule has 1 aromatic rings. The molecule has 0 aromatic heterocycles. The van der Waals surface area contributed by atoms with Crippen LogP contribution in [-0.4, -0.2) is 37.1 Å². The molecule has 4 heteroatoms. The first-order chi connectivity index (χ1) is 7.68. The lowest BCUT2D eigenvalue weighted by Gasteiger charge is -2.27. The van der Waals surface area contributed by atoms with Crippen molar-refractivity contribution in [3.8, 4) is 0 Å². The molecule has 1 aliphatic rings. The molecule has 1 amide bonds. The van der Waals surface area contributed by atoms with Crippen LogP contribution in [0.1, 0.15) is 15.9 Å². The van der Waals surface area contributed by atoms with E-state index in [1.807, 2.05) is 0 Å². The summed E-state index contributed by atoms with van der Waals surface area (Å²) < 4.78 is 18.1. The Morgan fingerprint density at radius 1 is 1.38 bits per heavy atom. The fraction of sp³-hybridized carbons (Fsp3) is 0.417. The van der Waals surface area contributed by atoms with Gasteiger partial charge in [0, 0.05) is 18.7 Å². The van der Waals surface area contributed by atoms with Crippen LogP contribution >= 0.6 is 0 Å². The molecule has 3 nitrogen and oxygen atoms in total. The quantitative estimate of drug-likeness (QED) is 0.723. The predicted molar refractivity (Wildman–Crippen MR) is 57.9 cm³/mol. The minimum absolute atomic E-state index is 0.0409. The molecule has 1 aliphatic heterocycles. The van der Waals surface area contributed by atoms with Gasteiger partial charge in [0.05, 0.1) is 13.2 Å². The number of rotatable bonds is 1. The molecule has 1 fully saturated rings.